The van der Waals surface area contributed by atoms with Gasteiger partial charge in [0, 0.05) is 35.7 Å². The van der Waals surface area contributed by atoms with E-state index in [9.17, 15) is 0 Å². The molecular weight excluding hydrogens is 419 g/mol. The van der Waals surface area contributed by atoms with Crippen LogP contribution < -0.4 is 10.6 Å². The maximum absolute atomic E-state index is 4.27. The van der Waals surface area contributed by atoms with Gasteiger partial charge in [0.05, 0.1) is 6.54 Å². The van der Waals surface area contributed by atoms with E-state index in [4.69, 9.17) is 0 Å². The van der Waals surface area contributed by atoms with Gasteiger partial charge < -0.3 is 10.6 Å². The predicted molar refractivity (Wildman–Crippen MR) is 110 cm³/mol. The van der Waals surface area contributed by atoms with E-state index in [1.165, 1.54) is 20.9 Å². The fraction of sp³-hybridized carbons (Fsp3) is 0.412. The monoisotopic (exact) mass is 444 g/mol. The molecule has 2 aromatic rings. The van der Waals surface area contributed by atoms with Crippen LogP contribution in [0.3, 0.4) is 0 Å². The van der Waals surface area contributed by atoms with Crippen molar-refractivity contribution >= 4 is 41.3 Å². The summed E-state index contributed by atoms with van der Waals surface area (Å²) in [5.41, 5.74) is 2.56. The Morgan fingerprint density at radius 3 is 2.65 bits per heavy atom. The summed E-state index contributed by atoms with van der Waals surface area (Å²) < 4.78 is 0. The summed E-state index contributed by atoms with van der Waals surface area (Å²) in [6.45, 7) is 5.95. The highest BCUT2D eigenvalue weighted by atomic mass is 127. The smallest absolute Gasteiger partial charge is 0.191 e. The molecule has 0 aliphatic carbocycles. The van der Waals surface area contributed by atoms with E-state index in [0.717, 1.165) is 31.9 Å². The third-order valence-electron chi connectivity index (χ3n) is 3.54. The molecule has 0 saturated carbocycles. The zero-order chi connectivity index (χ0) is 15.8. The number of aryl methyl sites for hydroxylation is 2. The maximum Gasteiger partial charge on any atom is 0.191 e. The highest BCUT2D eigenvalue weighted by Gasteiger charge is 2.02. The Bertz CT molecular complexity index is 625. The number of hydrogen-bond acceptors (Lipinski definition) is 3. The van der Waals surface area contributed by atoms with Crippen molar-refractivity contribution in [3.05, 3.63) is 51.5 Å². The molecule has 0 radical (unpaired) electrons. The maximum atomic E-state index is 4.27. The van der Waals surface area contributed by atoms with Gasteiger partial charge in [0.2, 0.25) is 0 Å². The third kappa shape index (κ3) is 6.47. The van der Waals surface area contributed by atoms with Gasteiger partial charge >= 0.3 is 0 Å². The second-order valence-electron chi connectivity index (χ2n) is 5.13. The SMILES string of the molecule is CCc1ccc(CNC(=NC)NCCc2ccncc2C)s1.I. The number of hydrogen-bond donors (Lipinski definition) is 2. The van der Waals surface area contributed by atoms with Crippen LogP contribution in [0.1, 0.15) is 27.8 Å². The van der Waals surface area contributed by atoms with Crippen LogP contribution in [0.4, 0.5) is 0 Å². The molecule has 0 amide bonds. The zero-order valence-corrected chi connectivity index (χ0v) is 17.1. The van der Waals surface area contributed by atoms with Gasteiger partial charge in [-0.15, -0.1) is 35.3 Å². The number of guanidine groups is 1. The van der Waals surface area contributed by atoms with E-state index < -0.39 is 0 Å². The molecule has 6 heteroatoms. The highest BCUT2D eigenvalue weighted by Crippen LogP contribution is 2.16. The predicted octanol–water partition coefficient (Wildman–Crippen LogP) is 3.54. The van der Waals surface area contributed by atoms with Gasteiger partial charge in [-0.05, 0) is 49.1 Å². The molecule has 126 valence electrons. The molecule has 2 aromatic heterocycles. The lowest BCUT2D eigenvalue weighted by Crippen LogP contribution is -2.37. The minimum Gasteiger partial charge on any atom is -0.356 e. The molecule has 2 N–H and O–H groups in total. The zero-order valence-electron chi connectivity index (χ0n) is 13.9. The number of pyridine rings is 1. The van der Waals surface area contributed by atoms with Gasteiger partial charge in [0.15, 0.2) is 5.96 Å². The molecule has 2 rings (SSSR count). The lowest BCUT2D eigenvalue weighted by Gasteiger charge is -2.12. The summed E-state index contributed by atoms with van der Waals surface area (Å²) in [7, 11) is 1.80. The van der Waals surface area contributed by atoms with E-state index in [1.54, 1.807) is 7.05 Å². The van der Waals surface area contributed by atoms with Crippen molar-refractivity contribution in [2.45, 2.75) is 33.2 Å². The molecule has 0 aromatic carbocycles. The Morgan fingerprint density at radius 2 is 2.00 bits per heavy atom. The van der Waals surface area contributed by atoms with E-state index in [1.807, 2.05) is 23.7 Å². The first-order chi connectivity index (χ1) is 10.7. The summed E-state index contributed by atoms with van der Waals surface area (Å²) in [5, 5.41) is 6.72. The van der Waals surface area contributed by atoms with E-state index in [2.05, 4.69) is 52.7 Å². The minimum atomic E-state index is 0. The van der Waals surface area contributed by atoms with E-state index in [0.29, 0.717) is 0 Å². The molecule has 0 fully saturated rings. The Morgan fingerprint density at radius 1 is 1.22 bits per heavy atom. The molecule has 0 atom stereocenters. The summed E-state index contributed by atoms with van der Waals surface area (Å²) in [6.07, 6.45) is 5.82. The van der Waals surface area contributed by atoms with Crippen LogP contribution in [0, 0.1) is 6.92 Å². The fourth-order valence-corrected chi connectivity index (χ4v) is 3.09. The molecule has 0 aliphatic heterocycles. The van der Waals surface area contributed by atoms with Gasteiger partial charge in [-0.1, -0.05) is 6.92 Å². The largest absolute Gasteiger partial charge is 0.356 e. The van der Waals surface area contributed by atoms with Crippen LogP contribution in [0.25, 0.3) is 0 Å². The number of nitrogens with zero attached hydrogens (tertiary/aromatic N) is 2. The third-order valence-corrected chi connectivity index (χ3v) is 4.77. The van der Waals surface area contributed by atoms with Gasteiger partial charge in [-0.2, -0.15) is 0 Å². The molecule has 0 spiro atoms. The number of rotatable bonds is 6. The van der Waals surface area contributed by atoms with Gasteiger partial charge in [-0.3, -0.25) is 9.98 Å². The molecule has 0 bridgehead atoms. The highest BCUT2D eigenvalue weighted by molar-refractivity contribution is 14.0. The topological polar surface area (TPSA) is 49.3 Å². The summed E-state index contributed by atoms with van der Waals surface area (Å²) in [4.78, 5) is 11.2. The number of thiophene rings is 1. The molecule has 2 heterocycles. The van der Waals surface area contributed by atoms with Crippen molar-refractivity contribution in [3.8, 4) is 0 Å². The lowest BCUT2D eigenvalue weighted by molar-refractivity contribution is 0.796. The first-order valence-corrected chi connectivity index (χ1v) is 8.46. The van der Waals surface area contributed by atoms with Crippen molar-refractivity contribution < 1.29 is 0 Å². The van der Waals surface area contributed by atoms with Gasteiger partial charge in [0.1, 0.15) is 0 Å². The molecule has 0 aliphatic rings. The number of nitrogens with one attached hydrogen (secondary N) is 2. The molecule has 4 nitrogen and oxygen atoms in total. The first kappa shape index (κ1) is 19.9. The van der Waals surface area contributed by atoms with Crippen LogP contribution in [-0.2, 0) is 19.4 Å². The van der Waals surface area contributed by atoms with Crippen LogP contribution in [0.2, 0.25) is 0 Å². The van der Waals surface area contributed by atoms with Crippen LogP contribution >= 0.6 is 35.3 Å². The molecule has 23 heavy (non-hydrogen) atoms. The number of aliphatic imine (C=N–C) groups is 1. The Hall–Kier alpha value is -1.15. The minimum absolute atomic E-state index is 0. The Balaban J connectivity index is 0.00000264. The Kier molecular flexibility index (Phi) is 9.16. The second kappa shape index (κ2) is 10.6. The normalized spacial score (nSPS) is 11.0. The van der Waals surface area contributed by atoms with Crippen LogP contribution in [0.15, 0.2) is 35.6 Å². The summed E-state index contributed by atoms with van der Waals surface area (Å²) >= 11 is 1.86. The van der Waals surface area contributed by atoms with Crippen molar-refractivity contribution in [2.24, 2.45) is 4.99 Å². The number of halogens is 1. The quantitative estimate of drug-likeness (QED) is 0.407. The Labute approximate surface area is 159 Å². The molecule has 0 saturated heterocycles. The van der Waals surface area contributed by atoms with Crippen molar-refractivity contribution in [3.63, 3.8) is 0 Å². The standard InChI is InChI=1S/C17H24N4S.HI/c1-4-15-5-6-16(22-15)12-21-17(18-3)20-10-8-14-7-9-19-11-13(14)2;/h5-7,9,11H,4,8,10,12H2,1-3H3,(H2,18,20,21);1H. The number of aromatic nitrogens is 1. The van der Waals surface area contributed by atoms with E-state index in [-0.39, 0.29) is 24.0 Å². The van der Waals surface area contributed by atoms with Crippen molar-refractivity contribution in [1.82, 2.24) is 15.6 Å². The summed E-state index contributed by atoms with van der Waals surface area (Å²) in [5.74, 6) is 0.846. The lowest BCUT2D eigenvalue weighted by atomic mass is 10.1. The fourth-order valence-electron chi connectivity index (χ4n) is 2.20. The average Bonchev–Trinajstić information content (AvgIpc) is 3.00. The van der Waals surface area contributed by atoms with Gasteiger partial charge in [0.25, 0.3) is 0 Å². The van der Waals surface area contributed by atoms with Crippen molar-refractivity contribution in [1.29, 1.82) is 0 Å². The van der Waals surface area contributed by atoms with Crippen LogP contribution in [-0.4, -0.2) is 24.5 Å². The molecule has 0 unspecified atom stereocenters. The summed E-state index contributed by atoms with van der Waals surface area (Å²) in [6, 6.07) is 6.46. The first-order valence-electron chi connectivity index (χ1n) is 7.64. The van der Waals surface area contributed by atoms with Crippen molar-refractivity contribution in [2.75, 3.05) is 13.6 Å². The van der Waals surface area contributed by atoms with Gasteiger partial charge in [-0.25, -0.2) is 0 Å². The molecular formula is C17H25IN4S. The second-order valence-corrected chi connectivity index (χ2v) is 6.38. The average molecular weight is 444 g/mol. The van der Waals surface area contributed by atoms with Crippen LogP contribution in [0.5, 0.6) is 0 Å². The van der Waals surface area contributed by atoms with E-state index >= 15 is 0 Å².